The lowest BCUT2D eigenvalue weighted by Gasteiger charge is -2.19. The number of rotatable bonds is 4. The summed E-state index contributed by atoms with van der Waals surface area (Å²) in [6.45, 7) is 8.65. The maximum absolute atomic E-state index is 3.73. The average Bonchev–Trinajstić information content (AvgIpc) is 2.37. The summed E-state index contributed by atoms with van der Waals surface area (Å²) in [4.78, 5) is 2.59. The Labute approximate surface area is 82.2 Å². The van der Waals surface area contributed by atoms with Gasteiger partial charge in [0.15, 0.2) is 0 Å². The topological polar surface area (TPSA) is 3.24 Å². The van der Waals surface area contributed by atoms with E-state index in [1.165, 1.54) is 38.8 Å². The molecule has 1 aliphatic heterocycles. The number of nitrogens with zero attached hydrogens (tertiary/aromatic N) is 1. The summed E-state index contributed by atoms with van der Waals surface area (Å²) in [7, 11) is 0. The lowest BCUT2D eigenvalue weighted by molar-refractivity contribution is 0.266. The smallest absolute Gasteiger partial charge is 0.00674 e. The third kappa shape index (κ3) is 3.59. The predicted molar refractivity (Wildman–Crippen MR) is 56.9 cm³/mol. The Morgan fingerprint density at radius 3 is 2.83 bits per heavy atom. The largest absolute Gasteiger partial charge is 0.301 e. The molecule has 0 bridgehead atoms. The highest BCUT2D eigenvalue weighted by Crippen LogP contribution is 2.16. The van der Waals surface area contributed by atoms with Gasteiger partial charge in [-0.3, -0.25) is 0 Å². The van der Waals surface area contributed by atoms with Gasteiger partial charge in [0.05, 0.1) is 0 Å². The molecular formula is C10H20ClN. The molecule has 0 aliphatic carbocycles. The molecule has 0 N–H and O–H groups in total. The van der Waals surface area contributed by atoms with E-state index < -0.39 is 0 Å². The van der Waals surface area contributed by atoms with Crippen LogP contribution in [0.5, 0.6) is 0 Å². The maximum atomic E-state index is 3.73. The van der Waals surface area contributed by atoms with Gasteiger partial charge >= 0.3 is 0 Å². The lowest BCUT2D eigenvalue weighted by atomic mass is 10.2. The number of allylic oxidation sites excluding steroid dienone is 1. The van der Waals surface area contributed by atoms with Gasteiger partial charge in [-0.2, -0.15) is 0 Å². The van der Waals surface area contributed by atoms with Crippen LogP contribution in [0.4, 0.5) is 0 Å². The standard InChI is InChI=1S/C10H19N.ClH/c1-3-4-5-8-11-9-6-7-10(11)2;/h3,10H,1,4-9H2,2H3;1H. The predicted octanol–water partition coefficient (Wildman–Crippen LogP) is 2.86. The molecule has 1 heterocycles. The van der Waals surface area contributed by atoms with Crippen LogP contribution in [0.3, 0.4) is 0 Å². The van der Waals surface area contributed by atoms with E-state index in [1.54, 1.807) is 0 Å². The maximum Gasteiger partial charge on any atom is 0.00674 e. The third-order valence-electron chi connectivity index (χ3n) is 2.54. The second kappa shape index (κ2) is 6.50. The number of hydrogen-bond donors (Lipinski definition) is 0. The van der Waals surface area contributed by atoms with E-state index in [0.29, 0.717) is 0 Å². The number of halogens is 1. The van der Waals surface area contributed by atoms with E-state index in [-0.39, 0.29) is 12.4 Å². The van der Waals surface area contributed by atoms with Gasteiger partial charge in [-0.1, -0.05) is 6.08 Å². The van der Waals surface area contributed by atoms with Gasteiger partial charge in [0.1, 0.15) is 0 Å². The van der Waals surface area contributed by atoms with Crippen LogP contribution in [-0.4, -0.2) is 24.0 Å². The van der Waals surface area contributed by atoms with Gasteiger partial charge in [0, 0.05) is 6.04 Å². The minimum atomic E-state index is 0. The van der Waals surface area contributed by atoms with Crippen molar-refractivity contribution in [2.24, 2.45) is 0 Å². The van der Waals surface area contributed by atoms with Crippen LogP contribution in [0.2, 0.25) is 0 Å². The quantitative estimate of drug-likeness (QED) is 0.486. The van der Waals surface area contributed by atoms with Gasteiger partial charge in [-0.15, -0.1) is 19.0 Å². The second-order valence-corrected chi connectivity index (χ2v) is 3.46. The summed E-state index contributed by atoms with van der Waals surface area (Å²) < 4.78 is 0. The average molecular weight is 190 g/mol. The summed E-state index contributed by atoms with van der Waals surface area (Å²) in [6.07, 6.45) is 7.27. The van der Waals surface area contributed by atoms with Crippen molar-refractivity contribution in [3.05, 3.63) is 12.7 Å². The first-order valence-corrected chi connectivity index (χ1v) is 4.69. The highest BCUT2D eigenvalue weighted by Gasteiger charge is 2.18. The first-order valence-electron chi connectivity index (χ1n) is 4.69. The molecule has 1 fully saturated rings. The van der Waals surface area contributed by atoms with Crippen molar-refractivity contribution < 1.29 is 0 Å². The van der Waals surface area contributed by atoms with E-state index in [1.807, 2.05) is 6.08 Å². The van der Waals surface area contributed by atoms with Crippen LogP contribution >= 0.6 is 12.4 Å². The van der Waals surface area contributed by atoms with Gasteiger partial charge < -0.3 is 4.90 Å². The van der Waals surface area contributed by atoms with Crippen molar-refractivity contribution in [1.29, 1.82) is 0 Å². The van der Waals surface area contributed by atoms with Crippen LogP contribution in [-0.2, 0) is 0 Å². The van der Waals surface area contributed by atoms with Crippen LogP contribution in [0.25, 0.3) is 0 Å². The molecule has 1 nitrogen and oxygen atoms in total. The minimum absolute atomic E-state index is 0. The SMILES string of the molecule is C=CCCCN1CCCC1C.Cl. The Morgan fingerprint density at radius 2 is 2.33 bits per heavy atom. The fraction of sp³-hybridized carbons (Fsp3) is 0.800. The van der Waals surface area contributed by atoms with Gasteiger partial charge in [-0.25, -0.2) is 0 Å². The molecule has 0 radical (unpaired) electrons. The summed E-state index contributed by atoms with van der Waals surface area (Å²) in [5.74, 6) is 0. The zero-order valence-corrected chi connectivity index (χ0v) is 8.78. The monoisotopic (exact) mass is 189 g/mol. The summed E-state index contributed by atoms with van der Waals surface area (Å²) in [5.41, 5.74) is 0. The van der Waals surface area contributed by atoms with Crippen LogP contribution < -0.4 is 0 Å². The molecule has 1 atom stereocenters. The Morgan fingerprint density at radius 1 is 1.58 bits per heavy atom. The Balaban J connectivity index is 0.00000121. The van der Waals surface area contributed by atoms with E-state index in [2.05, 4.69) is 18.4 Å². The fourth-order valence-electron chi connectivity index (χ4n) is 1.76. The van der Waals surface area contributed by atoms with E-state index >= 15 is 0 Å². The van der Waals surface area contributed by atoms with Crippen LogP contribution in [0.15, 0.2) is 12.7 Å². The Kier molecular flexibility index (Phi) is 6.49. The van der Waals surface area contributed by atoms with Crippen molar-refractivity contribution in [3.63, 3.8) is 0 Å². The number of unbranched alkanes of at least 4 members (excludes halogenated alkanes) is 1. The first kappa shape index (κ1) is 12.0. The summed E-state index contributed by atoms with van der Waals surface area (Å²) in [5, 5.41) is 0. The van der Waals surface area contributed by atoms with Crippen molar-refractivity contribution >= 4 is 12.4 Å². The molecule has 0 amide bonds. The van der Waals surface area contributed by atoms with E-state index in [4.69, 9.17) is 0 Å². The van der Waals surface area contributed by atoms with Crippen molar-refractivity contribution in [2.45, 2.75) is 38.6 Å². The zero-order valence-electron chi connectivity index (χ0n) is 7.96. The van der Waals surface area contributed by atoms with E-state index in [9.17, 15) is 0 Å². The normalized spacial score (nSPS) is 23.6. The lowest BCUT2D eigenvalue weighted by Crippen LogP contribution is -2.27. The van der Waals surface area contributed by atoms with Gasteiger partial charge in [-0.05, 0) is 45.7 Å². The highest BCUT2D eigenvalue weighted by molar-refractivity contribution is 5.85. The van der Waals surface area contributed by atoms with E-state index in [0.717, 1.165) is 6.04 Å². The molecule has 1 unspecified atom stereocenters. The van der Waals surface area contributed by atoms with Crippen molar-refractivity contribution in [1.82, 2.24) is 4.90 Å². The van der Waals surface area contributed by atoms with Crippen molar-refractivity contribution in [2.75, 3.05) is 13.1 Å². The fourth-order valence-corrected chi connectivity index (χ4v) is 1.76. The van der Waals surface area contributed by atoms with Crippen molar-refractivity contribution in [3.8, 4) is 0 Å². The third-order valence-corrected chi connectivity index (χ3v) is 2.54. The molecule has 1 saturated heterocycles. The molecule has 0 aromatic rings. The molecule has 0 saturated carbocycles. The molecule has 0 spiro atoms. The number of hydrogen-bond acceptors (Lipinski definition) is 1. The molecule has 72 valence electrons. The highest BCUT2D eigenvalue weighted by atomic mass is 35.5. The molecular weight excluding hydrogens is 170 g/mol. The molecule has 2 heteroatoms. The molecule has 1 rings (SSSR count). The molecule has 1 aliphatic rings. The summed E-state index contributed by atoms with van der Waals surface area (Å²) >= 11 is 0. The second-order valence-electron chi connectivity index (χ2n) is 3.46. The first-order chi connectivity index (χ1) is 5.34. The van der Waals surface area contributed by atoms with Gasteiger partial charge in [0.25, 0.3) is 0 Å². The van der Waals surface area contributed by atoms with Crippen LogP contribution in [0.1, 0.15) is 32.6 Å². The zero-order chi connectivity index (χ0) is 8.10. The summed E-state index contributed by atoms with van der Waals surface area (Å²) in [6, 6.07) is 0.833. The Hall–Kier alpha value is -0.0100. The molecule has 0 aromatic heterocycles. The molecule has 0 aromatic carbocycles. The Bertz CT molecular complexity index is 125. The van der Waals surface area contributed by atoms with Crippen LogP contribution in [0, 0.1) is 0 Å². The molecule has 12 heavy (non-hydrogen) atoms. The number of likely N-dealkylation sites (tertiary alicyclic amines) is 1. The minimum Gasteiger partial charge on any atom is -0.301 e. The van der Waals surface area contributed by atoms with Gasteiger partial charge in [0.2, 0.25) is 0 Å².